The zero-order valence-corrected chi connectivity index (χ0v) is 12.6. The van der Waals surface area contributed by atoms with Gasteiger partial charge in [-0.15, -0.1) is 0 Å². The summed E-state index contributed by atoms with van der Waals surface area (Å²) in [6.45, 7) is 0.848. The van der Waals surface area contributed by atoms with E-state index in [4.69, 9.17) is 0 Å². The van der Waals surface area contributed by atoms with E-state index in [1.807, 2.05) is 4.90 Å². The molecule has 0 aliphatic rings. The van der Waals surface area contributed by atoms with Crippen LogP contribution in [0.2, 0.25) is 0 Å². The summed E-state index contributed by atoms with van der Waals surface area (Å²) in [7, 11) is 0.402. The number of nitro benzene ring substituents is 1. The first-order valence-electron chi connectivity index (χ1n) is 6.04. The minimum atomic E-state index is -3.00. The van der Waals surface area contributed by atoms with Crippen molar-refractivity contribution < 1.29 is 13.3 Å². The highest BCUT2D eigenvalue weighted by Crippen LogP contribution is 2.25. The van der Waals surface area contributed by atoms with Gasteiger partial charge >= 0.3 is 0 Å². The van der Waals surface area contributed by atoms with E-state index in [9.17, 15) is 18.5 Å². The zero-order valence-electron chi connectivity index (χ0n) is 11.8. The highest BCUT2D eigenvalue weighted by molar-refractivity contribution is 7.90. The van der Waals surface area contributed by atoms with Crippen LogP contribution >= 0.6 is 0 Å². The Hall–Kier alpha value is -1.67. The van der Waals surface area contributed by atoms with E-state index in [0.29, 0.717) is 18.8 Å². The second-order valence-electron chi connectivity index (χ2n) is 4.73. The topological polar surface area (TPSA) is 92.6 Å². The zero-order chi connectivity index (χ0) is 15.3. The summed E-state index contributed by atoms with van der Waals surface area (Å²) in [5.41, 5.74) is 1.24. The second-order valence-corrected chi connectivity index (χ2v) is 6.99. The standard InChI is InChI=1S/C12H19N3O4S/c1-13-11-5-4-10(8-12(11)15(16)17)9-14(2)6-7-20(3,18)19/h4-5,8,13H,6-7,9H2,1-3H3. The number of rotatable bonds is 7. The van der Waals surface area contributed by atoms with Gasteiger partial charge in [-0.3, -0.25) is 10.1 Å². The Balaban J connectivity index is 2.78. The predicted octanol–water partition coefficient (Wildman–Crippen LogP) is 1.11. The van der Waals surface area contributed by atoms with Crippen LogP contribution < -0.4 is 5.32 Å². The van der Waals surface area contributed by atoms with Crippen molar-refractivity contribution in [2.24, 2.45) is 0 Å². The molecular weight excluding hydrogens is 282 g/mol. The Kier molecular flexibility index (Phi) is 5.46. The molecule has 0 amide bonds. The molecule has 0 saturated carbocycles. The van der Waals surface area contributed by atoms with Crippen LogP contribution in [0.4, 0.5) is 11.4 Å². The van der Waals surface area contributed by atoms with Gasteiger partial charge in [0.05, 0.1) is 10.7 Å². The summed E-state index contributed by atoms with van der Waals surface area (Å²) < 4.78 is 22.2. The lowest BCUT2D eigenvalue weighted by atomic mass is 10.1. The normalized spacial score (nSPS) is 11.6. The average Bonchev–Trinajstić information content (AvgIpc) is 2.35. The fraction of sp³-hybridized carbons (Fsp3) is 0.500. The third-order valence-corrected chi connectivity index (χ3v) is 3.75. The first-order chi connectivity index (χ1) is 9.23. The van der Waals surface area contributed by atoms with E-state index in [1.165, 1.54) is 12.3 Å². The summed E-state index contributed by atoms with van der Waals surface area (Å²) in [4.78, 5) is 12.3. The SMILES string of the molecule is CNc1ccc(CN(C)CCS(C)(=O)=O)cc1[N+](=O)[O-]. The van der Waals surface area contributed by atoms with Crippen LogP contribution in [0.1, 0.15) is 5.56 Å². The van der Waals surface area contributed by atoms with Crippen LogP contribution in [0.15, 0.2) is 18.2 Å². The smallest absolute Gasteiger partial charge is 0.292 e. The lowest BCUT2D eigenvalue weighted by Crippen LogP contribution is -2.24. The summed E-state index contributed by atoms with van der Waals surface area (Å²) in [6, 6.07) is 4.94. The van der Waals surface area contributed by atoms with Crippen molar-refractivity contribution in [3.8, 4) is 0 Å². The fourth-order valence-corrected chi connectivity index (χ4v) is 2.39. The molecule has 112 valence electrons. The van der Waals surface area contributed by atoms with Crippen molar-refractivity contribution in [3.05, 3.63) is 33.9 Å². The molecular formula is C12H19N3O4S. The van der Waals surface area contributed by atoms with Crippen LogP contribution in [-0.4, -0.2) is 50.9 Å². The van der Waals surface area contributed by atoms with Crippen molar-refractivity contribution in [2.45, 2.75) is 6.54 Å². The third-order valence-electron chi connectivity index (χ3n) is 2.82. The van der Waals surface area contributed by atoms with E-state index in [2.05, 4.69) is 5.32 Å². The van der Waals surface area contributed by atoms with Gasteiger partial charge in [-0.1, -0.05) is 6.07 Å². The van der Waals surface area contributed by atoms with Gasteiger partial charge in [-0.05, 0) is 18.7 Å². The van der Waals surface area contributed by atoms with Gasteiger partial charge in [0.15, 0.2) is 0 Å². The molecule has 0 spiro atoms. The Morgan fingerprint density at radius 1 is 1.40 bits per heavy atom. The highest BCUT2D eigenvalue weighted by atomic mass is 32.2. The second kappa shape index (κ2) is 6.67. The molecule has 0 atom stereocenters. The average molecular weight is 301 g/mol. The van der Waals surface area contributed by atoms with Crippen molar-refractivity contribution in [1.82, 2.24) is 4.90 Å². The summed E-state index contributed by atoms with van der Waals surface area (Å²) >= 11 is 0. The molecule has 0 fully saturated rings. The van der Waals surface area contributed by atoms with Crippen LogP contribution in [0, 0.1) is 10.1 Å². The fourth-order valence-electron chi connectivity index (χ4n) is 1.75. The minimum Gasteiger partial charge on any atom is -0.383 e. The quantitative estimate of drug-likeness (QED) is 0.599. The first kappa shape index (κ1) is 16.4. The van der Waals surface area contributed by atoms with Gasteiger partial charge < -0.3 is 10.2 Å². The molecule has 0 radical (unpaired) electrons. The summed E-state index contributed by atoms with van der Waals surface area (Å²) in [6.07, 6.45) is 1.19. The number of anilines is 1. The monoisotopic (exact) mass is 301 g/mol. The maximum Gasteiger partial charge on any atom is 0.292 e. The lowest BCUT2D eigenvalue weighted by Gasteiger charge is -2.16. The molecule has 0 heterocycles. The summed E-state index contributed by atoms with van der Waals surface area (Å²) in [5, 5.41) is 13.7. The van der Waals surface area contributed by atoms with Crippen LogP contribution in [0.5, 0.6) is 0 Å². The molecule has 1 rings (SSSR count). The van der Waals surface area contributed by atoms with Gasteiger partial charge in [-0.2, -0.15) is 0 Å². The molecule has 1 aromatic rings. The van der Waals surface area contributed by atoms with Crippen molar-refractivity contribution >= 4 is 21.2 Å². The van der Waals surface area contributed by atoms with E-state index >= 15 is 0 Å². The first-order valence-corrected chi connectivity index (χ1v) is 8.10. The number of nitro groups is 1. The van der Waals surface area contributed by atoms with Gasteiger partial charge in [0.25, 0.3) is 5.69 Å². The molecule has 20 heavy (non-hydrogen) atoms. The Morgan fingerprint density at radius 3 is 2.55 bits per heavy atom. The maximum absolute atomic E-state index is 11.1. The van der Waals surface area contributed by atoms with E-state index in [1.54, 1.807) is 26.2 Å². The Bertz CT molecular complexity index is 586. The minimum absolute atomic E-state index is 0.0153. The van der Waals surface area contributed by atoms with Crippen molar-refractivity contribution in [3.63, 3.8) is 0 Å². The maximum atomic E-state index is 11.1. The Labute approximate surface area is 118 Å². The molecule has 0 aliphatic carbocycles. The molecule has 7 nitrogen and oxygen atoms in total. The Morgan fingerprint density at radius 2 is 2.05 bits per heavy atom. The van der Waals surface area contributed by atoms with Gasteiger partial charge in [0.2, 0.25) is 0 Å². The lowest BCUT2D eigenvalue weighted by molar-refractivity contribution is -0.384. The van der Waals surface area contributed by atoms with Gasteiger partial charge in [0, 0.05) is 32.5 Å². The molecule has 0 unspecified atom stereocenters. The summed E-state index contributed by atoms with van der Waals surface area (Å²) in [5.74, 6) is 0.0696. The molecule has 0 aliphatic heterocycles. The number of benzene rings is 1. The van der Waals surface area contributed by atoms with Crippen LogP contribution in [0.25, 0.3) is 0 Å². The van der Waals surface area contributed by atoms with Gasteiger partial charge in [-0.25, -0.2) is 8.42 Å². The number of hydrogen-bond acceptors (Lipinski definition) is 6. The van der Waals surface area contributed by atoms with E-state index in [0.717, 1.165) is 5.56 Å². The number of nitrogens with one attached hydrogen (secondary N) is 1. The van der Waals surface area contributed by atoms with Crippen molar-refractivity contribution in [1.29, 1.82) is 0 Å². The predicted molar refractivity (Wildman–Crippen MR) is 78.7 cm³/mol. The van der Waals surface area contributed by atoms with Crippen LogP contribution in [-0.2, 0) is 16.4 Å². The largest absolute Gasteiger partial charge is 0.383 e. The molecule has 1 aromatic carbocycles. The number of hydrogen-bond donors (Lipinski definition) is 1. The van der Waals surface area contributed by atoms with E-state index < -0.39 is 14.8 Å². The highest BCUT2D eigenvalue weighted by Gasteiger charge is 2.14. The van der Waals surface area contributed by atoms with E-state index in [-0.39, 0.29) is 11.4 Å². The number of sulfone groups is 1. The number of nitrogens with zero attached hydrogens (tertiary/aromatic N) is 2. The van der Waals surface area contributed by atoms with Gasteiger partial charge in [0.1, 0.15) is 15.5 Å². The molecule has 0 bridgehead atoms. The molecule has 0 saturated heterocycles. The molecule has 8 heteroatoms. The van der Waals surface area contributed by atoms with Crippen LogP contribution in [0.3, 0.4) is 0 Å². The van der Waals surface area contributed by atoms with Crippen molar-refractivity contribution in [2.75, 3.05) is 38.0 Å². The molecule has 0 aromatic heterocycles. The molecule has 1 N–H and O–H groups in total. The third kappa shape index (κ3) is 5.14.